The monoisotopic (exact) mass is 438 g/mol. The van der Waals surface area contributed by atoms with Gasteiger partial charge in [0.05, 0.1) is 0 Å². The molecule has 2 aromatic rings. The molecule has 4 nitrogen and oxygen atoms in total. The van der Waals surface area contributed by atoms with Crippen LogP contribution in [0.2, 0.25) is 5.02 Å². The minimum atomic E-state index is -0.549. The lowest BCUT2D eigenvalue weighted by Gasteiger charge is -2.39. The number of hydrogen-bond donors (Lipinski definition) is 2. The molecule has 2 aromatic carbocycles. The molecule has 4 rings (SSSR count). The van der Waals surface area contributed by atoms with Crippen LogP contribution in [0.3, 0.4) is 0 Å². The van der Waals surface area contributed by atoms with E-state index in [9.17, 15) is 14.0 Å². The van der Waals surface area contributed by atoms with Gasteiger partial charge in [0.25, 0.3) is 5.91 Å². The number of Topliss-reactive ketones (excluding diaryl/α,β-unsaturated/α-hetero) is 1. The SMILES string of the molecule is CC1=C(C(=O)Nc2cccc(F)c2)[C@@H](c2cccc(Cl)c2)C2=C(CC(C)(C)CC2=O)N1. The Morgan fingerprint density at radius 2 is 1.90 bits per heavy atom. The van der Waals surface area contributed by atoms with Crippen molar-refractivity contribution in [3.05, 3.63) is 87.5 Å². The van der Waals surface area contributed by atoms with E-state index in [0.717, 1.165) is 11.3 Å². The minimum absolute atomic E-state index is 0.0206. The normalized spacial score (nSPS) is 20.3. The van der Waals surface area contributed by atoms with E-state index < -0.39 is 11.7 Å². The number of anilines is 1. The third kappa shape index (κ3) is 4.28. The molecule has 1 amide bonds. The number of allylic oxidation sites excluding steroid dienone is 3. The number of rotatable bonds is 3. The maximum atomic E-state index is 13.6. The van der Waals surface area contributed by atoms with Gasteiger partial charge in [-0.1, -0.05) is 43.6 Å². The van der Waals surface area contributed by atoms with E-state index in [1.807, 2.05) is 19.1 Å². The summed E-state index contributed by atoms with van der Waals surface area (Å²) in [6.45, 7) is 5.96. The number of nitrogens with one attached hydrogen (secondary N) is 2. The number of ketones is 1. The van der Waals surface area contributed by atoms with Crippen molar-refractivity contribution in [2.24, 2.45) is 5.41 Å². The van der Waals surface area contributed by atoms with E-state index in [1.54, 1.807) is 18.2 Å². The van der Waals surface area contributed by atoms with Crippen LogP contribution in [0.4, 0.5) is 10.1 Å². The van der Waals surface area contributed by atoms with Crippen molar-refractivity contribution in [1.82, 2.24) is 5.32 Å². The first kappa shape index (κ1) is 21.3. The van der Waals surface area contributed by atoms with Crippen molar-refractivity contribution in [3.8, 4) is 0 Å². The van der Waals surface area contributed by atoms with Crippen molar-refractivity contribution in [3.63, 3.8) is 0 Å². The van der Waals surface area contributed by atoms with Crippen LogP contribution in [0.25, 0.3) is 0 Å². The molecule has 2 N–H and O–H groups in total. The molecular formula is C25H24ClFN2O2. The Kier molecular flexibility index (Phi) is 5.48. The van der Waals surface area contributed by atoms with E-state index in [2.05, 4.69) is 24.5 Å². The number of carbonyl (C=O) groups excluding carboxylic acids is 2. The van der Waals surface area contributed by atoms with E-state index in [-0.39, 0.29) is 17.1 Å². The highest BCUT2D eigenvalue weighted by Gasteiger charge is 2.42. The maximum Gasteiger partial charge on any atom is 0.254 e. The second-order valence-electron chi connectivity index (χ2n) is 8.95. The maximum absolute atomic E-state index is 13.6. The molecule has 31 heavy (non-hydrogen) atoms. The Bertz CT molecular complexity index is 1150. The summed E-state index contributed by atoms with van der Waals surface area (Å²) >= 11 is 6.26. The highest BCUT2D eigenvalue weighted by Crippen LogP contribution is 2.47. The first-order chi connectivity index (χ1) is 14.6. The largest absolute Gasteiger partial charge is 0.362 e. The topological polar surface area (TPSA) is 58.2 Å². The first-order valence-electron chi connectivity index (χ1n) is 10.2. The molecule has 1 heterocycles. The van der Waals surface area contributed by atoms with Crippen molar-refractivity contribution >= 4 is 29.0 Å². The molecule has 0 fully saturated rings. The summed E-state index contributed by atoms with van der Waals surface area (Å²) in [5.41, 5.74) is 3.53. The van der Waals surface area contributed by atoms with Crippen LogP contribution in [-0.2, 0) is 9.59 Å². The Balaban J connectivity index is 1.81. The van der Waals surface area contributed by atoms with Crippen molar-refractivity contribution in [1.29, 1.82) is 0 Å². The third-order valence-corrected chi connectivity index (χ3v) is 5.98. The fraction of sp³-hybridized carbons (Fsp3) is 0.280. The van der Waals surface area contributed by atoms with Gasteiger partial charge in [-0.2, -0.15) is 0 Å². The first-order valence-corrected chi connectivity index (χ1v) is 10.6. The summed E-state index contributed by atoms with van der Waals surface area (Å²) < 4.78 is 13.6. The molecule has 1 aliphatic carbocycles. The second-order valence-corrected chi connectivity index (χ2v) is 9.39. The predicted molar refractivity (Wildman–Crippen MR) is 120 cm³/mol. The van der Waals surface area contributed by atoms with Crippen LogP contribution in [0.15, 0.2) is 71.1 Å². The molecule has 0 aromatic heterocycles. The second kappa shape index (κ2) is 7.97. The number of halogens is 2. The lowest BCUT2D eigenvalue weighted by Crippen LogP contribution is -2.39. The zero-order chi connectivity index (χ0) is 22.3. The van der Waals surface area contributed by atoms with Crippen LogP contribution >= 0.6 is 11.6 Å². The minimum Gasteiger partial charge on any atom is -0.362 e. The summed E-state index contributed by atoms with van der Waals surface area (Å²) in [4.78, 5) is 26.6. The number of carbonyl (C=O) groups is 2. The molecule has 0 spiro atoms. The van der Waals surface area contributed by atoms with Gasteiger partial charge >= 0.3 is 0 Å². The van der Waals surface area contributed by atoms with Gasteiger partial charge < -0.3 is 10.6 Å². The van der Waals surface area contributed by atoms with Crippen LogP contribution in [0, 0.1) is 11.2 Å². The zero-order valence-electron chi connectivity index (χ0n) is 17.7. The van der Waals surface area contributed by atoms with Gasteiger partial charge in [0, 0.05) is 45.6 Å². The standard InChI is InChI=1S/C25H24ClFN2O2/c1-14-21(24(31)29-18-9-5-8-17(27)11-18)22(15-6-4-7-16(26)10-15)23-19(28-14)12-25(2,3)13-20(23)30/h4-11,22,28H,12-13H2,1-3H3,(H,29,31)/t22-/m1/s1. The molecule has 0 bridgehead atoms. The molecule has 0 radical (unpaired) electrons. The quantitative estimate of drug-likeness (QED) is 0.644. The summed E-state index contributed by atoms with van der Waals surface area (Å²) in [5, 5.41) is 6.63. The van der Waals surface area contributed by atoms with Crippen LogP contribution in [0.5, 0.6) is 0 Å². The Morgan fingerprint density at radius 3 is 2.61 bits per heavy atom. The van der Waals surface area contributed by atoms with Gasteiger partial charge in [0.1, 0.15) is 5.82 Å². The molecule has 1 atom stereocenters. The fourth-order valence-electron chi connectivity index (χ4n) is 4.52. The number of dihydropyridines is 1. The van der Waals surface area contributed by atoms with Gasteiger partial charge in [-0.3, -0.25) is 9.59 Å². The van der Waals surface area contributed by atoms with E-state index in [1.165, 1.54) is 18.2 Å². The summed E-state index contributed by atoms with van der Waals surface area (Å²) in [5.74, 6) is -1.35. The summed E-state index contributed by atoms with van der Waals surface area (Å²) in [6.07, 6.45) is 1.11. The molecule has 0 saturated heterocycles. The molecule has 6 heteroatoms. The van der Waals surface area contributed by atoms with E-state index >= 15 is 0 Å². The van der Waals surface area contributed by atoms with Gasteiger partial charge in [0.2, 0.25) is 0 Å². The molecule has 2 aliphatic rings. The van der Waals surface area contributed by atoms with Crippen LogP contribution < -0.4 is 10.6 Å². The highest BCUT2D eigenvalue weighted by atomic mass is 35.5. The molecule has 1 aliphatic heterocycles. The van der Waals surface area contributed by atoms with Gasteiger partial charge in [-0.15, -0.1) is 0 Å². The van der Waals surface area contributed by atoms with Crippen molar-refractivity contribution < 1.29 is 14.0 Å². The van der Waals surface area contributed by atoms with E-state index in [0.29, 0.717) is 40.4 Å². The molecule has 0 unspecified atom stereocenters. The molecule has 0 saturated carbocycles. The number of benzene rings is 2. The summed E-state index contributed by atoms with van der Waals surface area (Å²) in [6, 6.07) is 13.0. The lowest BCUT2D eigenvalue weighted by molar-refractivity contribution is -0.118. The average molecular weight is 439 g/mol. The zero-order valence-corrected chi connectivity index (χ0v) is 18.4. The van der Waals surface area contributed by atoms with Gasteiger partial charge in [-0.25, -0.2) is 4.39 Å². The van der Waals surface area contributed by atoms with Crippen molar-refractivity contribution in [2.75, 3.05) is 5.32 Å². The number of hydrogen-bond acceptors (Lipinski definition) is 3. The molecule has 160 valence electrons. The predicted octanol–water partition coefficient (Wildman–Crippen LogP) is 5.72. The lowest BCUT2D eigenvalue weighted by atomic mass is 9.68. The number of amides is 1. The summed E-state index contributed by atoms with van der Waals surface area (Å²) in [7, 11) is 0. The Hall–Kier alpha value is -2.92. The van der Waals surface area contributed by atoms with Crippen LogP contribution in [0.1, 0.15) is 45.1 Å². The van der Waals surface area contributed by atoms with Crippen molar-refractivity contribution in [2.45, 2.75) is 39.5 Å². The third-order valence-electron chi connectivity index (χ3n) is 5.75. The highest BCUT2D eigenvalue weighted by molar-refractivity contribution is 6.30. The Labute approximate surface area is 186 Å². The van der Waals surface area contributed by atoms with Gasteiger partial charge in [-0.05, 0) is 54.7 Å². The molecular weight excluding hydrogens is 415 g/mol. The smallest absolute Gasteiger partial charge is 0.254 e. The Morgan fingerprint density at radius 1 is 1.16 bits per heavy atom. The fourth-order valence-corrected chi connectivity index (χ4v) is 4.72. The van der Waals surface area contributed by atoms with Gasteiger partial charge in [0.15, 0.2) is 5.78 Å². The average Bonchev–Trinajstić information content (AvgIpc) is 2.65. The van der Waals surface area contributed by atoms with Crippen LogP contribution in [-0.4, -0.2) is 11.7 Å². The van der Waals surface area contributed by atoms with E-state index in [4.69, 9.17) is 11.6 Å².